The molecule has 1 fully saturated rings. The van der Waals surface area contributed by atoms with Gasteiger partial charge in [0.1, 0.15) is 11.6 Å². The predicted molar refractivity (Wildman–Crippen MR) is 82.8 cm³/mol. The summed E-state index contributed by atoms with van der Waals surface area (Å²) in [5, 5.41) is 4.16. The Morgan fingerprint density at radius 2 is 2.15 bits per heavy atom. The van der Waals surface area contributed by atoms with E-state index in [1.165, 1.54) is 11.8 Å². The molecule has 0 spiro atoms. The van der Waals surface area contributed by atoms with Crippen molar-refractivity contribution in [3.63, 3.8) is 0 Å². The smallest absolute Gasteiger partial charge is 0.191 e. The second kappa shape index (κ2) is 6.15. The summed E-state index contributed by atoms with van der Waals surface area (Å²) < 4.78 is 5.74. The van der Waals surface area contributed by atoms with Crippen molar-refractivity contribution >= 4 is 23.4 Å². The van der Waals surface area contributed by atoms with E-state index in [0.29, 0.717) is 23.1 Å². The number of nitrogens with one attached hydrogen (secondary N) is 2. The summed E-state index contributed by atoms with van der Waals surface area (Å²) in [5.41, 5.74) is 2.67. The summed E-state index contributed by atoms with van der Waals surface area (Å²) in [6, 6.07) is 2.17. The fourth-order valence-corrected chi connectivity index (χ4v) is 2.84. The van der Waals surface area contributed by atoms with Crippen LogP contribution in [-0.2, 0) is 4.74 Å². The minimum Gasteiger partial charge on any atom is -0.378 e. The second-order valence-corrected chi connectivity index (χ2v) is 6.24. The van der Waals surface area contributed by atoms with Gasteiger partial charge >= 0.3 is 0 Å². The lowest BCUT2D eigenvalue weighted by atomic mass is 9.64. The van der Waals surface area contributed by atoms with E-state index >= 15 is 0 Å². The molecule has 1 heterocycles. The van der Waals surface area contributed by atoms with Crippen molar-refractivity contribution in [3.05, 3.63) is 6.07 Å². The van der Waals surface area contributed by atoms with Gasteiger partial charge in [-0.2, -0.15) is 0 Å². The molecule has 0 aromatic carbocycles. The molecule has 2 atom stereocenters. The lowest BCUT2D eigenvalue weighted by Gasteiger charge is -2.51. The Morgan fingerprint density at radius 3 is 2.70 bits per heavy atom. The van der Waals surface area contributed by atoms with E-state index in [4.69, 9.17) is 10.6 Å². The number of hydrogen-bond donors (Lipinski definition) is 3. The highest BCUT2D eigenvalue weighted by Crippen LogP contribution is 2.44. The first kappa shape index (κ1) is 15.3. The van der Waals surface area contributed by atoms with Crippen molar-refractivity contribution in [2.75, 3.05) is 23.6 Å². The van der Waals surface area contributed by atoms with Crippen LogP contribution in [0.2, 0.25) is 0 Å². The zero-order chi connectivity index (χ0) is 14.8. The van der Waals surface area contributed by atoms with Crippen molar-refractivity contribution in [2.45, 2.75) is 44.5 Å². The number of hydrogen-bond acceptors (Lipinski definition) is 7. The Morgan fingerprint density at radius 1 is 1.45 bits per heavy atom. The van der Waals surface area contributed by atoms with Gasteiger partial charge in [0, 0.05) is 24.1 Å². The van der Waals surface area contributed by atoms with Crippen LogP contribution in [0.4, 0.5) is 11.6 Å². The van der Waals surface area contributed by atoms with Gasteiger partial charge in [-0.25, -0.2) is 15.8 Å². The van der Waals surface area contributed by atoms with Crippen molar-refractivity contribution < 1.29 is 4.74 Å². The van der Waals surface area contributed by atoms with E-state index < -0.39 is 0 Å². The van der Waals surface area contributed by atoms with Gasteiger partial charge in [0.05, 0.1) is 6.10 Å². The summed E-state index contributed by atoms with van der Waals surface area (Å²) in [6.07, 6.45) is 3.24. The van der Waals surface area contributed by atoms with Crippen LogP contribution in [0.15, 0.2) is 11.2 Å². The molecule has 6 nitrogen and oxygen atoms in total. The SMILES string of the molecule is CCOC1CC(Nc2cc(NN)nc(SC)n2)C1(C)C. The maximum atomic E-state index is 5.74. The summed E-state index contributed by atoms with van der Waals surface area (Å²) in [7, 11) is 0. The lowest BCUT2D eigenvalue weighted by Crippen LogP contribution is -2.58. The third kappa shape index (κ3) is 2.99. The molecule has 1 aliphatic rings. The Hall–Kier alpha value is -1.05. The number of aromatic nitrogens is 2. The van der Waals surface area contributed by atoms with Crippen LogP contribution in [0, 0.1) is 5.41 Å². The van der Waals surface area contributed by atoms with Crippen molar-refractivity contribution in [2.24, 2.45) is 11.3 Å². The molecule has 4 N–H and O–H groups in total. The number of rotatable bonds is 6. The highest BCUT2D eigenvalue weighted by molar-refractivity contribution is 7.98. The molecular weight excluding hydrogens is 274 g/mol. The summed E-state index contributed by atoms with van der Waals surface area (Å²) in [4.78, 5) is 8.72. The number of hydrazine groups is 1. The third-order valence-electron chi connectivity index (χ3n) is 3.90. The molecule has 1 saturated carbocycles. The number of thioether (sulfide) groups is 1. The van der Waals surface area contributed by atoms with Crippen LogP contribution in [0.3, 0.4) is 0 Å². The highest BCUT2D eigenvalue weighted by atomic mass is 32.2. The van der Waals surface area contributed by atoms with Crippen molar-refractivity contribution in [1.82, 2.24) is 9.97 Å². The summed E-state index contributed by atoms with van der Waals surface area (Å²) in [5.74, 6) is 6.85. The number of nitrogen functional groups attached to an aromatic ring is 1. The predicted octanol–water partition coefficient (Wildman–Crippen LogP) is 2.10. The Labute approximate surface area is 124 Å². The Bertz CT molecular complexity index is 446. The molecule has 20 heavy (non-hydrogen) atoms. The zero-order valence-corrected chi connectivity index (χ0v) is 13.3. The molecule has 0 aliphatic heterocycles. The molecule has 7 heteroatoms. The van der Waals surface area contributed by atoms with Crippen LogP contribution < -0.4 is 16.6 Å². The molecule has 112 valence electrons. The van der Waals surface area contributed by atoms with E-state index in [1.54, 1.807) is 0 Å². The van der Waals surface area contributed by atoms with Gasteiger partial charge in [-0.1, -0.05) is 25.6 Å². The van der Waals surface area contributed by atoms with Crippen LogP contribution in [0.25, 0.3) is 0 Å². The number of nitrogens with zero attached hydrogens (tertiary/aromatic N) is 2. The molecule has 2 rings (SSSR count). The quantitative estimate of drug-likeness (QED) is 0.321. The Kier molecular flexibility index (Phi) is 4.72. The van der Waals surface area contributed by atoms with Crippen LogP contribution in [-0.4, -0.2) is 35.0 Å². The number of ether oxygens (including phenoxy) is 1. The van der Waals surface area contributed by atoms with Gasteiger partial charge in [-0.15, -0.1) is 0 Å². The normalized spacial score (nSPS) is 24.1. The van der Waals surface area contributed by atoms with Crippen molar-refractivity contribution in [3.8, 4) is 0 Å². The molecule has 0 saturated heterocycles. The molecule has 1 aliphatic carbocycles. The lowest BCUT2D eigenvalue weighted by molar-refractivity contribution is -0.0976. The summed E-state index contributed by atoms with van der Waals surface area (Å²) in [6.45, 7) is 7.22. The van der Waals surface area contributed by atoms with Crippen molar-refractivity contribution in [1.29, 1.82) is 0 Å². The van der Waals surface area contributed by atoms with E-state index in [9.17, 15) is 0 Å². The maximum absolute atomic E-state index is 5.74. The first-order valence-corrected chi connectivity index (χ1v) is 8.01. The molecule has 1 aromatic heterocycles. The number of anilines is 2. The van der Waals surface area contributed by atoms with Gasteiger partial charge < -0.3 is 15.5 Å². The Balaban J connectivity index is 2.07. The molecular formula is C13H23N5OS. The zero-order valence-electron chi connectivity index (χ0n) is 12.4. The average molecular weight is 297 g/mol. The van der Waals surface area contributed by atoms with E-state index in [0.717, 1.165) is 18.8 Å². The molecule has 1 aromatic rings. The van der Waals surface area contributed by atoms with Gasteiger partial charge in [0.2, 0.25) is 0 Å². The first-order chi connectivity index (χ1) is 9.51. The molecule has 0 bridgehead atoms. The van der Waals surface area contributed by atoms with Crippen LogP contribution in [0.1, 0.15) is 27.2 Å². The van der Waals surface area contributed by atoms with Gasteiger partial charge in [-0.05, 0) is 19.6 Å². The largest absolute Gasteiger partial charge is 0.378 e. The van der Waals surface area contributed by atoms with Crippen LogP contribution >= 0.6 is 11.8 Å². The van der Waals surface area contributed by atoms with Gasteiger partial charge in [0.25, 0.3) is 0 Å². The molecule has 0 amide bonds. The monoisotopic (exact) mass is 297 g/mol. The van der Waals surface area contributed by atoms with Crippen LogP contribution in [0.5, 0.6) is 0 Å². The van der Waals surface area contributed by atoms with E-state index in [1.807, 2.05) is 19.2 Å². The molecule has 0 radical (unpaired) electrons. The van der Waals surface area contributed by atoms with Gasteiger partial charge in [-0.3, -0.25) is 0 Å². The minimum absolute atomic E-state index is 0.0940. The average Bonchev–Trinajstić information content (AvgIpc) is 2.45. The van der Waals surface area contributed by atoms with E-state index in [-0.39, 0.29) is 5.41 Å². The third-order valence-corrected chi connectivity index (χ3v) is 4.45. The standard InChI is InChI=1S/C13H23N5OS/c1-5-19-9-6-8(13(9,2)3)15-10-7-11(18-14)17-12(16-10)20-4/h7-9H,5-6,14H2,1-4H3,(H2,15,16,17,18). The second-order valence-electron chi connectivity index (χ2n) is 5.47. The van der Waals surface area contributed by atoms with E-state index in [2.05, 4.69) is 34.6 Å². The highest BCUT2D eigenvalue weighted by Gasteiger charge is 2.49. The minimum atomic E-state index is 0.0940. The fourth-order valence-electron chi connectivity index (χ4n) is 2.46. The van der Waals surface area contributed by atoms with Gasteiger partial charge in [0.15, 0.2) is 5.16 Å². The summed E-state index contributed by atoms with van der Waals surface area (Å²) >= 11 is 1.49. The first-order valence-electron chi connectivity index (χ1n) is 6.79. The topological polar surface area (TPSA) is 85.1 Å². The molecule has 2 unspecified atom stereocenters. The fraction of sp³-hybridized carbons (Fsp3) is 0.692. The number of nitrogens with two attached hydrogens (primary N) is 1. The maximum Gasteiger partial charge on any atom is 0.191 e.